The van der Waals surface area contributed by atoms with Gasteiger partial charge in [0.1, 0.15) is 9.88 Å². The average molecular weight is 315 g/mol. The molecule has 1 aromatic heterocycles. The molecule has 8 heteroatoms. The summed E-state index contributed by atoms with van der Waals surface area (Å²) in [4.78, 5) is 4.18. The lowest BCUT2D eigenvalue weighted by Gasteiger charge is -2.09. The van der Waals surface area contributed by atoms with Crippen LogP contribution in [0.3, 0.4) is 0 Å². The largest absolute Gasteiger partial charge is 0.388 e. The van der Waals surface area contributed by atoms with Gasteiger partial charge in [0.25, 0.3) is 0 Å². The van der Waals surface area contributed by atoms with Gasteiger partial charge in [-0.1, -0.05) is 12.2 Å². The summed E-state index contributed by atoms with van der Waals surface area (Å²) in [5, 5.41) is 0. The molecular weight excluding hydrogens is 298 g/mol. The molecule has 0 aromatic carbocycles. The molecule has 0 spiro atoms. The predicted octanol–water partition coefficient (Wildman–Crippen LogP) is 0.421. The number of nitrogens with zero attached hydrogens (tertiary/aromatic N) is 1. The molecule has 1 fully saturated rings. The number of nitrogens with one attached hydrogen (secondary N) is 1. The van der Waals surface area contributed by atoms with E-state index in [-0.39, 0.29) is 9.88 Å². The molecule has 1 unspecified atom stereocenters. The molecule has 0 amide bonds. The van der Waals surface area contributed by atoms with Crippen molar-refractivity contribution in [2.24, 2.45) is 11.7 Å². The van der Waals surface area contributed by atoms with Crippen LogP contribution in [0.25, 0.3) is 0 Å². The van der Waals surface area contributed by atoms with Gasteiger partial charge in [-0.15, -0.1) is 0 Å². The van der Waals surface area contributed by atoms with Crippen LogP contribution in [0.2, 0.25) is 0 Å². The Morgan fingerprint density at radius 1 is 1.55 bits per heavy atom. The third kappa shape index (κ3) is 3.95. The van der Waals surface area contributed by atoms with Crippen LogP contribution >= 0.6 is 12.2 Å². The van der Waals surface area contributed by atoms with Gasteiger partial charge in [0.2, 0.25) is 10.0 Å². The summed E-state index contributed by atoms with van der Waals surface area (Å²) in [7, 11) is -3.53. The van der Waals surface area contributed by atoms with Crippen LogP contribution in [0, 0.1) is 5.92 Å². The summed E-state index contributed by atoms with van der Waals surface area (Å²) in [6.07, 6.45) is 3.03. The molecule has 1 aliphatic rings. The van der Waals surface area contributed by atoms with Crippen molar-refractivity contribution in [3.8, 4) is 0 Å². The Morgan fingerprint density at radius 2 is 2.35 bits per heavy atom. The highest BCUT2D eigenvalue weighted by molar-refractivity contribution is 7.89. The number of thiocarbonyl (C=S) groups is 1. The normalized spacial score (nSPS) is 19.1. The van der Waals surface area contributed by atoms with Gasteiger partial charge >= 0.3 is 0 Å². The molecule has 0 radical (unpaired) electrons. The molecule has 1 aromatic rings. The van der Waals surface area contributed by atoms with Crippen LogP contribution in [0.4, 0.5) is 0 Å². The fourth-order valence-electron chi connectivity index (χ4n) is 1.98. The summed E-state index contributed by atoms with van der Waals surface area (Å²) in [5.74, 6) is 0.438. The average Bonchev–Trinajstić information content (AvgIpc) is 2.92. The van der Waals surface area contributed by atoms with Crippen LogP contribution in [-0.2, 0) is 14.8 Å². The molecular formula is C12H17N3O3S2. The van der Waals surface area contributed by atoms with Gasteiger partial charge in [0.05, 0.1) is 5.69 Å². The Kier molecular flexibility index (Phi) is 5.03. The van der Waals surface area contributed by atoms with Crippen LogP contribution in [0.5, 0.6) is 0 Å². The van der Waals surface area contributed by atoms with Gasteiger partial charge in [0.15, 0.2) is 0 Å². The first-order valence-electron chi connectivity index (χ1n) is 6.32. The van der Waals surface area contributed by atoms with Gasteiger partial charge in [-0.2, -0.15) is 0 Å². The molecule has 0 aliphatic carbocycles. The number of sulfonamides is 1. The van der Waals surface area contributed by atoms with E-state index in [0.717, 1.165) is 19.4 Å². The van der Waals surface area contributed by atoms with Crippen LogP contribution in [0.15, 0.2) is 23.2 Å². The van der Waals surface area contributed by atoms with Crippen molar-refractivity contribution < 1.29 is 13.2 Å². The van der Waals surface area contributed by atoms with Gasteiger partial charge in [-0.3, -0.25) is 4.98 Å². The van der Waals surface area contributed by atoms with Crippen molar-refractivity contribution in [1.82, 2.24) is 9.71 Å². The zero-order valence-corrected chi connectivity index (χ0v) is 12.5. The van der Waals surface area contributed by atoms with E-state index >= 15 is 0 Å². The number of nitrogens with two attached hydrogens (primary N) is 1. The number of pyridine rings is 1. The lowest BCUT2D eigenvalue weighted by atomic mass is 10.1. The lowest BCUT2D eigenvalue weighted by molar-refractivity contribution is 0.184. The van der Waals surface area contributed by atoms with Crippen LogP contribution in [-0.4, -0.2) is 38.1 Å². The van der Waals surface area contributed by atoms with Gasteiger partial charge in [0, 0.05) is 26.0 Å². The Morgan fingerprint density at radius 3 is 2.90 bits per heavy atom. The minimum Gasteiger partial charge on any atom is -0.388 e. The summed E-state index contributed by atoms with van der Waals surface area (Å²) < 4.78 is 31.9. The number of aromatic nitrogens is 1. The summed E-state index contributed by atoms with van der Waals surface area (Å²) >= 11 is 4.77. The first-order valence-corrected chi connectivity index (χ1v) is 8.21. The Bertz CT molecular complexity index is 566. The molecule has 20 heavy (non-hydrogen) atoms. The molecule has 3 N–H and O–H groups in total. The fourth-order valence-corrected chi connectivity index (χ4v) is 3.09. The number of ether oxygens (including phenoxy) is 1. The second-order valence-electron chi connectivity index (χ2n) is 4.66. The highest BCUT2D eigenvalue weighted by Gasteiger charge is 2.18. The van der Waals surface area contributed by atoms with E-state index in [1.165, 1.54) is 18.3 Å². The molecule has 2 heterocycles. The highest BCUT2D eigenvalue weighted by atomic mass is 32.2. The van der Waals surface area contributed by atoms with E-state index in [2.05, 4.69) is 9.71 Å². The van der Waals surface area contributed by atoms with Crippen LogP contribution < -0.4 is 10.5 Å². The minimum absolute atomic E-state index is 0.111. The summed E-state index contributed by atoms with van der Waals surface area (Å²) in [6.45, 7) is 1.88. The number of hydrogen-bond acceptors (Lipinski definition) is 5. The molecule has 110 valence electrons. The minimum atomic E-state index is -3.53. The Labute approximate surface area is 123 Å². The second-order valence-corrected chi connectivity index (χ2v) is 6.87. The van der Waals surface area contributed by atoms with Crippen molar-refractivity contribution in [2.75, 3.05) is 19.8 Å². The summed E-state index contributed by atoms with van der Waals surface area (Å²) in [5.41, 5.74) is 5.82. The van der Waals surface area contributed by atoms with E-state index in [4.69, 9.17) is 22.7 Å². The first kappa shape index (κ1) is 15.3. The molecule has 0 saturated carbocycles. The fraction of sp³-hybridized carbons (Fsp3) is 0.500. The monoisotopic (exact) mass is 315 g/mol. The first-order chi connectivity index (χ1) is 9.49. The maximum absolute atomic E-state index is 12.0. The smallest absolute Gasteiger partial charge is 0.242 e. The molecule has 1 aliphatic heterocycles. The van der Waals surface area contributed by atoms with E-state index < -0.39 is 10.0 Å². The SMILES string of the molecule is NC(=S)c1ccc(S(=O)(=O)NCCC2CCOC2)cn1. The molecule has 2 rings (SSSR count). The molecule has 1 saturated heterocycles. The third-order valence-corrected chi connectivity index (χ3v) is 4.82. The quantitative estimate of drug-likeness (QED) is 0.739. The molecule has 1 atom stereocenters. The van der Waals surface area contributed by atoms with E-state index in [9.17, 15) is 8.42 Å². The predicted molar refractivity (Wildman–Crippen MR) is 78.9 cm³/mol. The maximum atomic E-state index is 12.0. The van der Waals surface area contributed by atoms with E-state index in [1.807, 2.05) is 0 Å². The van der Waals surface area contributed by atoms with E-state index in [1.54, 1.807) is 0 Å². The zero-order valence-electron chi connectivity index (χ0n) is 10.9. The van der Waals surface area contributed by atoms with Crippen molar-refractivity contribution >= 4 is 27.2 Å². The topological polar surface area (TPSA) is 94.3 Å². The molecule has 6 nitrogen and oxygen atoms in total. The van der Waals surface area contributed by atoms with Crippen molar-refractivity contribution in [2.45, 2.75) is 17.7 Å². The number of rotatable bonds is 6. The zero-order chi connectivity index (χ0) is 14.6. The van der Waals surface area contributed by atoms with Gasteiger partial charge in [-0.05, 0) is 30.9 Å². The number of hydrogen-bond donors (Lipinski definition) is 2. The highest BCUT2D eigenvalue weighted by Crippen LogP contribution is 2.16. The van der Waals surface area contributed by atoms with Gasteiger partial charge in [-0.25, -0.2) is 13.1 Å². The Balaban J connectivity index is 1.93. The van der Waals surface area contributed by atoms with Crippen LogP contribution in [0.1, 0.15) is 18.5 Å². The van der Waals surface area contributed by atoms with Crippen molar-refractivity contribution in [1.29, 1.82) is 0 Å². The third-order valence-electron chi connectivity index (χ3n) is 3.17. The van der Waals surface area contributed by atoms with Crippen molar-refractivity contribution in [3.63, 3.8) is 0 Å². The maximum Gasteiger partial charge on any atom is 0.242 e. The molecule has 0 bridgehead atoms. The lowest BCUT2D eigenvalue weighted by Crippen LogP contribution is -2.26. The Hall–Kier alpha value is -1.09. The second kappa shape index (κ2) is 6.57. The summed E-state index contributed by atoms with van der Waals surface area (Å²) in [6, 6.07) is 2.95. The van der Waals surface area contributed by atoms with E-state index in [0.29, 0.717) is 24.8 Å². The standard InChI is InChI=1S/C12H17N3O3S2/c13-12(19)11-2-1-10(7-14-11)20(16,17)15-5-3-9-4-6-18-8-9/h1-2,7,9,15H,3-6,8H2,(H2,13,19). The van der Waals surface area contributed by atoms with Crippen molar-refractivity contribution in [3.05, 3.63) is 24.0 Å². The van der Waals surface area contributed by atoms with Gasteiger partial charge < -0.3 is 10.5 Å².